The highest BCUT2D eigenvalue weighted by atomic mass is 16.5. The third kappa shape index (κ3) is 3.74. The highest BCUT2D eigenvalue weighted by molar-refractivity contribution is 5.40. The molecule has 2 nitrogen and oxygen atoms in total. The van der Waals surface area contributed by atoms with Gasteiger partial charge < -0.3 is 10.5 Å². The van der Waals surface area contributed by atoms with Gasteiger partial charge in [0.1, 0.15) is 0 Å². The zero-order chi connectivity index (χ0) is 12.1. The van der Waals surface area contributed by atoms with Crippen LogP contribution < -0.4 is 5.73 Å². The van der Waals surface area contributed by atoms with Crippen LogP contribution in [0, 0.1) is 0 Å². The van der Waals surface area contributed by atoms with Crippen molar-refractivity contribution in [1.82, 2.24) is 0 Å². The first-order valence-electron chi connectivity index (χ1n) is 6.73. The van der Waals surface area contributed by atoms with E-state index in [4.69, 9.17) is 10.5 Å². The zero-order valence-corrected chi connectivity index (χ0v) is 10.7. The Morgan fingerprint density at radius 2 is 1.82 bits per heavy atom. The van der Waals surface area contributed by atoms with Crippen LogP contribution in [0.2, 0.25) is 0 Å². The molecule has 0 aromatic heterocycles. The molecule has 1 aromatic rings. The van der Waals surface area contributed by atoms with Crippen molar-refractivity contribution in [2.24, 2.45) is 0 Å². The summed E-state index contributed by atoms with van der Waals surface area (Å²) in [5.74, 6) is 0.456. The lowest BCUT2D eigenvalue weighted by molar-refractivity contribution is 0.0220. The second kappa shape index (κ2) is 6.06. The highest BCUT2D eigenvalue weighted by Gasteiger charge is 2.15. The lowest BCUT2D eigenvalue weighted by Gasteiger charge is -2.24. The van der Waals surface area contributed by atoms with Crippen molar-refractivity contribution < 1.29 is 4.74 Å². The van der Waals surface area contributed by atoms with Crippen LogP contribution in [0.5, 0.6) is 0 Å². The molecule has 2 N–H and O–H groups in total. The molecule has 0 amide bonds. The fourth-order valence-corrected chi connectivity index (χ4v) is 2.43. The maximum absolute atomic E-state index is 6.00. The van der Waals surface area contributed by atoms with Crippen LogP contribution in [0.15, 0.2) is 24.3 Å². The number of ether oxygens (including phenoxy) is 1. The van der Waals surface area contributed by atoms with Crippen molar-refractivity contribution in [3.8, 4) is 0 Å². The maximum Gasteiger partial charge on any atom is 0.0575 e. The second-order valence-corrected chi connectivity index (χ2v) is 5.16. The summed E-state index contributed by atoms with van der Waals surface area (Å²) in [4.78, 5) is 0. The first-order chi connectivity index (χ1) is 8.25. The summed E-state index contributed by atoms with van der Waals surface area (Å²) in [7, 11) is 0. The molecule has 0 radical (unpaired) electrons. The van der Waals surface area contributed by atoms with E-state index in [1.807, 2.05) is 12.1 Å². The average Bonchev–Trinajstić information content (AvgIpc) is 2.38. The fraction of sp³-hybridized carbons (Fsp3) is 0.600. The molecule has 0 saturated heterocycles. The first-order valence-corrected chi connectivity index (χ1v) is 6.73. The number of nitrogens with two attached hydrogens (primary N) is 1. The van der Waals surface area contributed by atoms with E-state index in [2.05, 4.69) is 19.1 Å². The predicted octanol–water partition coefficient (Wildman–Crippen LogP) is 3.72. The Kier molecular flexibility index (Phi) is 4.43. The van der Waals surface area contributed by atoms with E-state index in [0.29, 0.717) is 12.0 Å². The molecule has 17 heavy (non-hydrogen) atoms. The fourth-order valence-electron chi connectivity index (χ4n) is 2.43. The molecular weight excluding hydrogens is 210 g/mol. The Morgan fingerprint density at radius 3 is 2.47 bits per heavy atom. The van der Waals surface area contributed by atoms with Crippen molar-refractivity contribution in [2.45, 2.75) is 51.0 Å². The van der Waals surface area contributed by atoms with Crippen molar-refractivity contribution in [1.29, 1.82) is 0 Å². The van der Waals surface area contributed by atoms with Gasteiger partial charge in [0.15, 0.2) is 0 Å². The minimum absolute atomic E-state index is 0.456. The van der Waals surface area contributed by atoms with Crippen molar-refractivity contribution in [3.63, 3.8) is 0 Å². The van der Waals surface area contributed by atoms with Gasteiger partial charge in [-0.3, -0.25) is 0 Å². The van der Waals surface area contributed by atoms with Gasteiger partial charge in [-0.2, -0.15) is 0 Å². The molecule has 0 heterocycles. The summed E-state index contributed by atoms with van der Waals surface area (Å²) in [6.07, 6.45) is 7.04. The summed E-state index contributed by atoms with van der Waals surface area (Å²) in [6.45, 7) is 3.04. The molecule has 0 bridgehead atoms. The number of rotatable bonds is 4. The molecule has 1 aromatic carbocycles. The normalized spacial score (nSPS) is 19.1. The lowest BCUT2D eigenvalue weighted by atomic mass is 9.97. The van der Waals surface area contributed by atoms with Crippen LogP contribution in [0.3, 0.4) is 0 Å². The van der Waals surface area contributed by atoms with Gasteiger partial charge in [0.2, 0.25) is 0 Å². The highest BCUT2D eigenvalue weighted by Crippen LogP contribution is 2.23. The molecule has 1 unspecified atom stereocenters. The minimum Gasteiger partial charge on any atom is -0.399 e. The number of nitrogen functional groups attached to an aromatic ring is 1. The van der Waals surface area contributed by atoms with E-state index in [1.165, 1.54) is 37.7 Å². The Bertz CT molecular complexity index is 327. The van der Waals surface area contributed by atoms with Crippen LogP contribution in [0.25, 0.3) is 0 Å². The van der Waals surface area contributed by atoms with E-state index in [0.717, 1.165) is 12.3 Å². The van der Waals surface area contributed by atoms with Gasteiger partial charge in [-0.05, 0) is 30.5 Å². The third-order valence-corrected chi connectivity index (χ3v) is 3.64. The van der Waals surface area contributed by atoms with E-state index < -0.39 is 0 Å². The topological polar surface area (TPSA) is 35.2 Å². The lowest BCUT2D eigenvalue weighted by Crippen LogP contribution is -2.19. The average molecular weight is 233 g/mol. The molecular formula is C15H23NO. The van der Waals surface area contributed by atoms with Gasteiger partial charge in [-0.25, -0.2) is 0 Å². The zero-order valence-electron chi connectivity index (χ0n) is 10.7. The Hall–Kier alpha value is -1.02. The van der Waals surface area contributed by atoms with E-state index in [9.17, 15) is 0 Å². The number of hydrogen-bond donors (Lipinski definition) is 1. The summed E-state index contributed by atoms with van der Waals surface area (Å²) in [5.41, 5.74) is 7.83. The largest absolute Gasteiger partial charge is 0.399 e. The Balaban J connectivity index is 1.80. The van der Waals surface area contributed by atoms with Crippen LogP contribution in [0.4, 0.5) is 5.69 Å². The van der Waals surface area contributed by atoms with E-state index in [1.54, 1.807) is 0 Å². The summed E-state index contributed by atoms with van der Waals surface area (Å²) < 4.78 is 6.00. The van der Waals surface area contributed by atoms with E-state index >= 15 is 0 Å². The number of hydrogen-bond acceptors (Lipinski definition) is 2. The molecule has 1 aliphatic rings. The maximum atomic E-state index is 6.00. The van der Waals surface area contributed by atoms with Gasteiger partial charge >= 0.3 is 0 Å². The van der Waals surface area contributed by atoms with Crippen molar-refractivity contribution in [3.05, 3.63) is 29.8 Å². The molecule has 0 spiro atoms. The third-order valence-electron chi connectivity index (χ3n) is 3.64. The summed E-state index contributed by atoms with van der Waals surface area (Å²) in [5, 5.41) is 0. The molecule has 0 aliphatic heterocycles. The van der Waals surface area contributed by atoms with E-state index in [-0.39, 0.29) is 0 Å². The monoisotopic (exact) mass is 233 g/mol. The van der Waals surface area contributed by atoms with Crippen molar-refractivity contribution >= 4 is 5.69 Å². The van der Waals surface area contributed by atoms with Crippen LogP contribution >= 0.6 is 0 Å². The quantitative estimate of drug-likeness (QED) is 0.804. The molecule has 1 atom stereocenters. The molecule has 1 aliphatic carbocycles. The van der Waals surface area contributed by atoms with Gasteiger partial charge in [-0.15, -0.1) is 0 Å². The van der Waals surface area contributed by atoms with Gasteiger partial charge in [0.25, 0.3) is 0 Å². The van der Waals surface area contributed by atoms with Crippen LogP contribution in [0.1, 0.15) is 50.5 Å². The number of benzene rings is 1. The molecule has 2 rings (SSSR count). The predicted molar refractivity (Wildman–Crippen MR) is 72.1 cm³/mol. The first kappa shape index (κ1) is 12.4. The molecule has 2 heteroatoms. The summed E-state index contributed by atoms with van der Waals surface area (Å²) in [6, 6.07) is 8.13. The molecule has 94 valence electrons. The van der Waals surface area contributed by atoms with Crippen LogP contribution in [-0.4, -0.2) is 12.7 Å². The van der Waals surface area contributed by atoms with Gasteiger partial charge in [0.05, 0.1) is 12.7 Å². The van der Waals surface area contributed by atoms with Gasteiger partial charge in [-0.1, -0.05) is 38.3 Å². The molecule has 1 saturated carbocycles. The standard InChI is InChI=1S/C15H23NO/c1-12(13-7-9-14(16)10-8-13)11-17-15-5-3-2-4-6-15/h7-10,12,15H,2-6,11,16H2,1H3. The molecule has 1 fully saturated rings. The van der Waals surface area contributed by atoms with Crippen LogP contribution in [-0.2, 0) is 4.74 Å². The second-order valence-electron chi connectivity index (χ2n) is 5.16. The number of anilines is 1. The Labute approximate surface area is 104 Å². The van der Waals surface area contributed by atoms with Crippen molar-refractivity contribution in [2.75, 3.05) is 12.3 Å². The summed E-state index contributed by atoms with van der Waals surface area (Å²) >= 11 is 0. The SMILES string of the molecule is CC(COC1CCCCC1)c1ccc(N)cc1. The Morgan fingerprint density at radius 1 is 1.18 bits per heavy atom. The smallest absolute Gasteiger partial charge is 0.0575 e. The minimum atomic E-state index is 0.456. The van der Waals surface area contributed by atoms with Gasteiger partial charge in [0, 0.05) is 11.6 Å².